The Morgan fingerprint density at radius 1 is 1.16 bits per heavy atom. The van der Waals surface area contributed by atoms with Crippen LogP contribution < -0.4 is 16.4 Å². The van der Waals surface area contributed by atoms with Crippen molar-refractivity contribution in [3.63, 3.8) is 0 Å². The summed E-state index contributed by atoms with van der Waals surface area (Å²) in [6.07, 6.45) is 1.99. The van der Waals surface area contributed by atoms with E-state index in [0.29, 0.717) is 35.4 Å². The van der Waals surface area contributed by atoms with Gasteiger partial charge >= 0.3 is 6.03 Å². The number of furan rings is 1. The third-order valence-corrected chi connectivity index (χ3v) is 5.60. The highest BCUT2D eigenvalue weighted by molar-refractivity contribution is 7.99. The fourth-order valence-electron chi connectivity index (χ4n) is 2.84. The van der Waals surface area contributed by atoms with Crippen LogP contribution in [0.1, 0.15) is 29.1 Å². The molecule has 0 aliphatic heterocycles. The van der Waals surface area contributed by atoms with Crippen molar-refractivity contribution in [3.8, 4) is 0 Å². The smallest absolute Gasteiger partial charge is 0.325 e. The van der Waals surface area contributed by atoms with Crippen LogP contribution in [0.5, 0.6) is 0 Å². The molecule has 0 saturated carbocycles. The van der Waals surface area contributed by atoms with Gasteiger partial charge in [0.2, 0.25) is 11.8 Å². The lowest BCUT2D eigenvalue weighted by Gasteiger charge is -2.09. The molecule has 2 heterocycles. The molecule has 11 heteroatoms. The quantitative estimate of drug-likeness (QED) is 0.419. The van der Waals surface area contributed by atoms with Crippen LogP contribution >= 0.6 is 11.8 Å². The van der Waals surface area contributed by atoms with E-state index < -0.39 is 17.8 Å². The second-order valence-electron chi connectivity index (χ2n) is 7.12. The Balaban J connectivity index is 1.59. The predicted molar refractivity (Wildman–Crippen MR) is 119 cm³/mol. The molecule has 0 aliphatic carbocycles. The lowest BCUT2D eigenvalue weighted by atomic mass is 10.1. The SMILES string of the molecule is Cc1ccc(NC(=O)NC(=O)CSc2nnc(CCC(N)=O)n2Cc2ccco2)cc1C. The number of thioether (sulfide) groups is 1. The zero-order chi connectivity index (χ0) is 23.1. The zero-order valence-corrected chi connectivity index (χ0v) is 18.6. The Kier molecular flexibility index (Phi) is 7.66. The summed E-state index contributed by atoms with van der Waals surface area (Å²) in [4.78, 5) is 35.5. The standard InChI is InChI=1S/C21H24N6O4S/c1-13-5-6-15(10-14(13)2)23-20(30)24-19(29)12-32-21-26-25-18(8-7-17(22)28)27(21)11-16-4-3-9-31-16/h3-6,9-10H,7-8,11-12H2,1-2H3,(H2,22,28)(H2,23,24,29,30). The molecule has 0 spiro atoms. The summed E-state index contributed by atoms with van der Waals surface area (Å²) in [6, 6.07) is 8.44. The van der Waals surface area contributed by atoms with Gasteiger partial charge in [-0.1, -0.05) is 17.8 Å². The molecule has 2 aromatic heterocycles. The summed E-state index contributed by atoms with van der Waals surface area (Å²) < 4.78 is 7.14. The number of benzene rings is 1. The van der Waals surface area contributed by atoms with Crippen molar-refractivity contribution in [2.45, 2.75) is 38.4 Å². The first-order chi connectivity index (χ1) is 15.3. The summed E-state index contributed by atoms with van der Waals surface area (Å²) in [7, 11) is 0. The van der Waals surface area contributed by atoms with Crippen LogP contribution in [0.25, 0.3) is 0 Å². The number of aryl methyl sites for hydroxylation is 3. The van der Waals surface area contributed by atoms with Gasteiger partial charge in [0.05, 0.1) is 18.6 Å². The minimum absolute atomic E-state index is 0.0492. The van der Waals surface area contributed by atoms with Crippen molar-refractivity contribution in [3.05, 3.63) is 59.3 Å². The lowest BCUT2D eigenvalue weighted by Crippen LogP contribution is -2.35. The van der Waals surface area contributed by atoms with Gasteiger partial charge in [-0.25, -0.2) is 4.79 Å². The molecule has 0 unspecified atom stereocenters. The van der Waals surface area contributed by atoms with Crippen LogP contribution in [0.4, 0.5) is 10.5 Å². The molecule has 32 heavy (non-hydrogen) atoms. The van der Waals surface area contributed by atoms with E-state index >= 15 is 0 Å². The fraction of sp³-hybridized carbons (Fsp3) is 0.286. The molecule has 0 bridgehead atoms. The number of hydrogen-bond acceptors (Lipinski definition) is 7. The number of aromatic nitrogens is 3. The normalized spacial score (nSPS) is 10.7. The van der Waals surface area contributed by atoms with Gasteiger partial charge in [0.15, 0.2) is 5.16 Å². The van der Waals surface area contributed by atoms with Crippen molar-refractivity contribution in [2.75, 3.05) is 11.1 Å². The molecular formula is C21H24N6O4S. The van der Waals surface area contributed by atoms with Crippen LogP contribution in [-0.4, -0.2) is 38.4 Å². The van der Waals surface area contributed by atoms with Crippen LogP contribution in [-0.2, 0) is 22.6 Å². The molecule has 3 rings (SSSR count). The monoisotopic (exact) mass is 456 g/mol. The topological polar surface area (TPSA) is 145 Å². The zero-order valence-electron chi connectivity index (χ0n) is 17.8. The first-order valence-corrected chi connectivity index (χ1v) is 10.8. The molecule has 3 aromatic rings. The molecule has 0 aliphatic rings. The minimum Gasteiger partial charge on any atom is -0.467 e. The van der Waals surface area contributed by atoms with E-state index in [1.807, 2.05) is 26.0 Å². The number of nitrogens with zero attached hydrogens (tertiary/aromatic N) is 3. The van der Waals surface area contributed by atoms with Crippen molar-refractivity contribution in [2.24, 2.45) is 5.73 Å². The molecule has 0 saturated heterocycles. The molecule has 0 fully saturated rings. The average Bonchev–Trinajstić information content (AvgIpc) is 3.38. The van der Waals surface area contributed by atoms with Crippen molar-refractivity contribution in [1.82, 2.24) is 20.1 Å². The largest absolute Gasteiger partial charge is 0.467 e. The Morgan fingerprint density at radius 3 is 2.66 bits per heavy atom. The number of carbonyl (C=O) groups is 3. The van der Waals surface area contributed by atoms with E-state index in [1.54, 1.807) is 29.0 Å². The third kappa shape index (κ3) is 6.45. The Hall–Kier alpha value is -3.60. The maximum atomic E-state index is 12.3. The number of nitrogens with two attached hydrogens (primary N) is 1. The summed E-state index contributed by atoms with van der Waals surface area (Å²) in [5.41, 5.74) is 7.98. The van der Waals surface area contributed by atoms with Gasteiger partial charge in [0, 0.05) is 18.5 Å². The molecule has 0 radical (unpaired) electrons. The van der Waals surface area contributed by atoms with E-state index in [4.69, 9.17) is 10.2 Å². The molecular weight excluding hydrogens is 432 g/mol. The predicted octanol–water partition coefficient (Wildman–Crippen LogP) is 2.39. The van der Waals surface area contributed by atoms with Crippen LogP contribution in [0.15, 0.2) is 46.2 Å². The molecule has 1 aromatic carbocycles. The first kappa shape index (κ1) is 23.1. The van der Waals surface area contributed by atoms with Gasteiger partial charge in [-0.2, -0.15) is 0 Å². The summed E-state index contributed by atoms with van der Waals surface area (Å²) in [5.74, 6) is 0.246. The van der Waals surface area contributed by atoms with Crippen molar-refractivity contribution in [1.29, 1.82) is 0 Å². The number of carbonyl (C=O) groups excluding carboxylic acids is 3. The number of rotatable bonds is 9. The van der Waals surface area contributed by atoms with E-state index in [-0.39, 0.29) is 12.2 Å². The highest BCUT2D eigenvalue weighted by atomic mass is 32.2. The molecule has 168 valence electrons. The lowest BCUT2D eigenvalue weighted by molar-refractivity contribution is -0.118. The molecule has 0 atom stereocenters. The van der Waals surface area contributed by atoms with Gasteiger partial charge in [0.25, 0.3) is 0 Å². The fourth-order valence-corrected chi connectivity index (χ4v) is 3.59. The second-order valence-corrected chi connectivity index (χ2v) is 8.06. The number of nitrogens with one attached hydrogen (secondary N) is 2. The number of anilines is 1. The Morgan fingerprint density at radius 2 is 1.97 bits per heavy atom. The molecule has 4 N–H and O–H groups in total. The van der Waals surface area contributed by atoms with E-state index in [1.165, 1.54) is 0 Å². The summed E-state index contributed by atoms with van der Waals surface area (Å²) >= 11 is 1.12. The maximum Gasteiger partial charge on any atom is 0.325 e. The number of amides is 4. The average molecular weight is 457 g/mol. The highest BCUT2D eigenvalue weighted by Crippen LogP contribution is 2.20. The van der Waals surface area contributed by atoms with Gasteiger partial charge in [-0.15, -0.1) is 10.2 Å². The van der Waals surface area contributed by atoms with Gasteiger partial charge in [-0.3, -0.25) is 19.5 Å². The van der Waals surface area contributed by atoms with Gasteiger partial charge < -0.3 is 15.5 Å². The second kappa shape index (κ2) is 10.6. The molecule has 10 nitrogen and oxygen atoms in total. The Labute approximate surface area is 188 Å². The van der Waals surface area contributed by atoms with E-state index in [2.05, 4.69) is 20.8 Å². The third-order valence-electron chi connectivity index (χ3n) is 4.63. The van der Waals surface area contributed by atoms with Crippen LogP contribution in [0.3, 0.4) is 0 Å². The summed E-state index contributed by atoms with van der Waals surface area (Å²) in [5, 5.41) is 13.6. The van der Waals surface area contributed by atoms with Crippen LogP contribution in [0, 0.1) is 13.8 Å². The first-order valence-electron chi connectivity index (χ1n) is 9.85. The van der Waals surface area contributed by atoms with E-state index in [0.717, 1.165) is 22.9 Å². The van der Waals surface area contributed by atoms with Crippen molar-refractivity contribution < 1.29 is 18.8 Å². The minimum atomic E-state index is -0.613. The number of hydrogen-bond donors (Lipinski definition) is 3. The number of primary amides is 1. The van der Waals surface area contributed by atoms with Crippen LogP contribution in [0.2, 0.25) is 0 Å². The maximum absolute atomic E-state index is 12.3. The van der Waals surface area contributed by atoms with Crippen molar-refractivity contribution >= 4 is 35.3 Å². The summed E-state index contributed by atoms with van der Waals surface area (Å²) in [6.45, 7) is 4.26. The van der Waals surface area contributed by atoms with Gasteiger partial charge in [-0.05, 0) is 49.2 Å². The van der Waals surface area contributed by atoms with Gasteiger partial charge in [0.1, 0.15) is 11.6 Å². The number of imide groups is 1. The highest BCUT2D eigenvalue weighted by Gasteiger charge is 2.17. The van der Waals surface area contributed by atoms with E-state index in [9.17, 15) is 14.4 Å². The molecule has 4 amide bonds. The Bertz CT molecular complexity index is 1110. The number of urea groups is 1.